The van der Waals surface area contributed by atoms with Gasteiger partial charge in [-0.25, -0.2) is 0 Å². The molecule has 0 aromatic heterocycles. The molecule has 0 amide bonds. The molecule has 66 valence electrons. The van der Waals surface area contributed by atoms with Crippen LogP contribution in [0.4, 0.5) is 5.69 Å². The Bertz CT molecular complexity index is 268. The molecule has 0 heterocycles. The van der Waals surface area contributed by atoms with Crippen LogP contribution in [0.2, 0.25) is 5.02 Å². The summed E-state index contributed by atoms with van der Waals surface area (Å²) in [4.78, 5) is 4.95. The third-order valence-corrected chi connectivity index (χ3v) is 1.58. The lowest BCUT2D eigenvalue weighted by Crippen LogP contribution is -2.11. The van der Waals surface area contributed by atoms with E-state index in [1.54, 1.807) is 25.2 Å². The second kappa shape index (κ2) is 4.15. The molecular weight excluding hydrogens is 180 g/mol. The first-order valence-corrected chi connectivity index (χ1v) is 3.69. The largest absolute Gasteiger partial charge is 0.407 e. The van der Waals surface area contributed by atoms with Crippen molar-refractivity contribution in [2.75, 3.05) is 12.5 Å². The van der Waals surface area contributed by atoms with E-state index in [1.807, 2.05) is 5.48 Å². The molecule has 0 saturated heterocycles. The molecule has 0 aliphatic heterocycles. The molecule has 5 heteroatoms. The van der Waals surface area contributed by atoms with Crippen LogP contribution < -0.4 is 15.8 Å². The Morgan fingerprint density at radius 3 is 2.83 bits per heavy atom. The second-order valence-corrected chi connectivity index (χ2v) is 2.47. The minimum atomic E-state index is 0.457. The van der Waals surface area contributed by atoms with Crippen molar-refractivity contribution in [3.05, 3.63) is 23.2 Å². The second-order valence-electron chi connectivity index (χ2n) is 2.06. The highest BCUT2D eigenvalue weighted by Gasteiger charge is 2.01. The number of benzene rings is 1. The van der Waals surface area contributed by atoms with E-state index in [1.165, 1.54) is 0 Å². The molecule has 0 fully saturated rings. The molecule has 1 aromatic carbocycles. The minimum absolute atomic E-state index is 0.457. The Balaban J connectivity index is 2.91. The smallest absolute Gasteiger partial charge is 0.167 e. The van der Waals surface area contributed by atoms with E-state index in [2.05, 4.69) is 5.48 Å². The zero-order chi connectivity index (χ0) is 8.97. The van der Waals surface area contributed by atoms with Gasteiger partial charge >= 0.3 is 0 Å². The maximum atomic E-state index is 8.55. The molecule has 0 saturated carbocycles. The molecule has 3 N–H and O–H groups in total. The van der Waals surface area contributed by atoms with Crippen LogP contribution in [-0.2, 0) is 0 Å². The van der Waals surface area contributed by atoms with E-state index in [-0.39, 0.29) is 0 Å². The molecule has 0 unspecified atom stereocenters. The predicted molar refractivity (Wildman–Crippen MR) is 46.5 cm³/mol. The van der Waals surface area contributed by atoms with Crippen molar-refractivity contribution in [1.82, 2.24) is 5.48 Å². The van der Waals surface area contributed by atoms with Crippen molar-refractivity contribution < 1.29 is 10.0 Å². The van der Waals surface area contributed by atoms with Gasteiger partial charge in [0.15, 0.2) is 5.75 Å². The normalized spacial score (nSPS) is 9.58. The zero-order valence-corrected chi connectivity index (χ0v) is 7.22. The molecule has 0 spiro atoms. The summed E-state index contributed by atoms with van der Waals surface area (Å²) in [5.41, 5.74) is 4.99. The van der Waals surface area contributed by atoms with Crippen LogP contribution in [0.5, 0.6) is 5.75 Å². The highest BCUT2D eigenvalue weighted by atomic mass is 35.5. The van der Waals surface area contributed by atoms with Crippen LogP contribution in [0.25, 0.3) is 0 Å². The Morgan fingerprint density at radius 2 is 2.25 bits per heavy atom. The molecule has 1 aromatic rings. The van der Waals surface area contributed by atoms with Crippen LogP contribution in [0, 0.1) is 0 Å². The lowest BCUT2D eigenvalue weighted by atomic mass is 10.3. The Hall–Kier alpha value is -0.970. The number of hydroxylamine groups is 1. The van der Waals surface area contributed by atoms with Gasteiger partial charge in [-0.3, -0.25) is 10.7 Å². The fraction of sp³-hybridized carbons (Fsp3) is 0.143. The van der Waals surface area contributed by atoms with Gasteiger partial charge in [-0.15, -0.1) is 0 Å². The summed E-state index contributed by atoms with van der Waals surface area (Å²) in [6, 6.07) is 4.82. The van der Waals surface area contributed by atoms with Crippen molar-refractivity contribution >= 4 is 17.3 Å². The summed E-state index contributed by atoms with van der Waals surface area (Å²) in [6.07, 6.45) is 0. The number of halogens is 1. The van der Waals surface area contributed by atoms with Crippen molar-refractivity contribution in [1.29, 1.82) is 0 Å². The van der Waals surface area contributed by atoms with Crippen molar-refractivity contribution in [3.8, 4) is 5.75 Å². The van der Waals surface area contributed by atoms with Gasteiger partial charge in [-0.1, -0.05) is 11.6 Å². The van der Waals surface area contributed by atoms with E-state index in [9.17, 15) is 0 Å². The summed E-state index contributed by atoms with van der Waals surface area (Å²) in [6.45, 7) is 0. The maximum Gasteiger partial charge on any atom is 0.167 e. The number of hydrogen-bond acceptors (Lipinski definition) is 4. The van der Waals surface area contributed by atoms with E-state index in [0.29, 0.717) is 16.5 Å². The average molecular weight is 189 g/mol. The van der Waals surface area contributed by atoms with E-state index in [4.69, 9.17) is 21.6 Å². The van der Waals surface area contributed by atoms with Crippen LogP contribution in [0.15, 0.2) is 18.2 Å². The van der Waals surface area contributed by atoms with E-state index >= 15 is 0 Å². The molecular formula is C7H9ClN2O2. The van der Waals surface area contributed by atoms with Gasteiger partial charge < -0.3 is 4.84 Å². The van der Waals surface area contributed by atoms with Gasteiger partial charge in [-0.2, -0.15) is 5.48 Å². The molecule has 4 nitrogen and oxygen atoms in total. The average Bonchev–Trinajstić information content (AvgIpc) is 2.09. The molecule has 1 rings (SSSR count). The summed E-state index contributed by atoms with van der Waals surface area (Å²) >= 11 is 5.76. The third-order valence-electron chi connectivity index (χ3n) is 1.27. The lowest BCUT2D eigenvalue weighted by molar-refractivity contribution is 0.224. The molecule has 0 atom stereocenters. The third kappa shape index (κ3) is 2.01. The van der Waals surface area contributed by atoms with Crippen LogP contribution >= 0.6 is 11.6 Å². The van der Waals surface area contributed by atoms with E-state index in [0.717, 1.165) is 0 Å². The van der Waals surface area contributed by atoms with Crippen molar-refractivity contribution in [3.63, 3.8) is 0 Å². The Morgan fingerprint density at radius 1 is 1.50 bits per heavy atom. The molecule has 0 radical (unpaired) electrons. The van der Waals surface area contributed by atoms with Crippen LogP contribution in [0.1, 0.15) is 0 Å². The Labute approximate surface area is 75.0 Å². The van der Waals surface area contributed by atoms with Gasteiger partial charge in [0.1, 0.15) is 0 Å². The lowest BCUT2D eigenvalue weighted by Gasteiger charge is -2.06. The van der Waals surface area contributed by atoms with E-state index < -0.39 is 0 Å². The fourth-order valence-corrected chi connectivity index (χ4v) is 0.917. The van der Waals surface area contributed by atoms with Crippen LogP contribution in [-0.4, -0.2) is 12.3 Å². The van der Waals surface area contributed by atoms with Crippen molar-refractivity contribution in [2.24, 2.45) is 0 Å². The summed E-state index contributed by atoms with van der Waals surface area (Å²) in [7, 11) is 1.62. The first-order chi connectivity index (χ1) is 5.77. The maximum absolute atomic E-state index is 8.55. The van der Waals surface area contributed by atoms with Gasteiger partial charge in [0.2, 0.25) is 0 Å². The minimum Gasteiger partial charge on any atom is -0.407 e. The number of rotatable bonds is 3. The SMILES string of the molecule is CNOc1cc(NO)ccc1Cl. The first-order valence-electron chi connectivity index (χ1n) is 3.31. The van der Waals surface area contributed by atoms with Crippen LogP contribution in [0.3, 0.4) is 0 Å². The number of nitrogens with one attached hydrogen (secondary N) is 2. The van der Waals surface area contributed by atoms with Gasteiger partial charge in [0, 0.05) is 13.1 Å². The fourth-order valence-electron chi connectivity index (χ4n) is 0.761. The summed E-state index contributed by atoms with van der Waals surface area (Å²) in [5, 5.41) is 9.03. The topological polar surface area (TPSA) is 53.5 Å². The quantitative estimate of drug-likeness (QED) is 0.632. The highest BCUT2D eigenvalue weighted by Crippen LogP contribution is 2.26. The number of hydrogen-bond donors (Lipinski definition) is 3. The van der Waals surface area contributed by atoms with Crippen molar-refractivity contribution in [2.45, 2.75) is 0 Å². The van der Waals surface area contributed by atoms with Gasteiger partial charge in [0.25, 0.3) is 0 Å². The van der Waals surface area contributed by atoms with Gasteiger partial charge in [-0.05, 0) is 12.1 Å². The highest BCUT2D eigenvalue weighted by molar-refractivity contribution is 6.32. The van der Waals surface area contributed by atoms with Gasteiger partial charge in [0.05, 0.1) is 10.7 Å². The molecule has 0 aliphatic rings. The number of anilines is 1. The predicted octanol–water partition coefficient (Wildman–Crippen LogP) is 1.65. The summed E-state index contributed by atoms with van der Waals surface area (Å²) < 4.78 is 0. The zero-order valence-electron chi connectivity index (χ0n) is 6.47. The summed E-state index contributed by atoms with van der Waals surface area (Å²) in [5.74, 6) is 0.457. The monoisotopic (exact) mass is 188 g/mol. The molecule has 12 heavy (non-hydrogen) atoms. The molecule has 0 aliphatic carbocycles. The first kappa shape index (κ1) is 9.12. The molecule has 0 bridgehead atoms. The Kier molecular flexibility index (Phi) is 3.16. The standard InChI is InChI=1S/C7H9ClN2O2/c1-9-12-7-4-5(10-11)2-3-6(7)8/h2-4,9-11H,1H3.